The van der Waals surface area contributed by atoms with Gasteiger partial charge in [-0.15, -0.1) is 0 Å². The average molecular weight is 254 g/mol. The second kappa shape index (κ2) is 7.33. The molecule has 80 valence electrons. The summed E-state index contributed by atoms with van der Waals surface area (Å²) in [6.45, 7) is 9.48. The topological polar surface area (TPSA) is 42.9 Å². The smallest absolute Gasteiger partial charge is 0.311 e. The molecule has 0 amide bonds. The zero-order valence-corrected chi connectivity index (χ0v) is 10.5. The third kappa shape index (κ3) is 11.9. The molecule has 0 heterocycles. The third-order valence-corrected chi connectivity index (χ3v) is 1.41. The van der Waals surface area contributed by atoms with Crippen molar-refractivity contribution in [1.82, 2.24) is 0 Å². The van der Waals surface area contributed by atoms with Gasteiger partial charge in [-0.05, 0) is 27.7 Å². The van der Waals surface area contributed by atoms with Crippen LogP contribution in [-0.4, -0.2) is 24.7 Å². The van der Waals surface area contributed by atoms with Gasteiger partial charge in [-0.25, -0.2) is 0 Å². The normalized spacial score (nSPS) is 10.5. The van der Waals surface area contributed by atoms with Gasteiger partial charge in [0.15, 0.2) is 0 Å². The molecule has 0 aromatic carbocycles. The van der Waals surface area contributed by atoms with E-state index in [1.165, 1.54) is 0 Å². The molecule has 0 aliphatic carbocycles. The summed E-state index contributed by atoms with van der Waals surface area (Å²) in [5, 5.41) is 2.14. The van der Waals surface area contributed by atoms with Gasteiger partial charge in [0.05, 0.1) is 25.1 Å². The van der Waals surface area contributed by atoms with Gasteiger partial charge in [0.1, 0.15) is 0 Å². The third-order valence-electron chi connectivity index (χ3n) is 1.41. The Morgan fingerprint density at radius 3 is 2.31 bits per heavy atom. The van der Waals surface area contributed by atoms with E-state index in [1.807, 2.05) is 6.92 Å². The predicted molar refractivity (Wildman–Crippen MR) is 47.8 cm³/mol. The summed E-state index contributed by atoms with van der Waals surface area (Å²) in [5.74, 6) is -0.0991. The number of quaternary nitrogens is 1. The molecule has 0 spiro atoms. The lowest BCUT2D eigenvalue weighted by molar-refractivity contribution is -0.716. The molecule has 0 aromatic rings. The molecule has 4 heteroatoms. The Morgan fingerprint density at radius 1 is 1.38 bits per heavy atom. The maximum Gasteiger partial charge on any atom is 0.311 e. The fraction of sp³-hybridized carbons (Fsp3) is 0.889. The van der Waals surface area contributed by atoms with E-state index in [-0.39, 0.29) is 28.5 Å². The summed E-state index contributed by atoms with van der Waals surface area (Å²) in [4.78, 5) is 10.9. The van der Waals surface area contributed by atoms with E-state index >= 15 is 0 Å². The Balaban J connectivity index is 0. The Hall–Kier alpha value is -0.0900. The first kappa shape index (κ1) is 15.4. The molecule has 3 nitrogen and oxygen atoms in total. The highest BCUT2D eigenvalue weighted by molar-refractivity contribution is 5.69. The number of halogens is 1. The minimum absolute atomic E-state index is 0. The van der Waals surface area contributed by atoms with Crippen LogP contribution in [0.5, 0.6) is 0 Å². The van der Waals surface area contributed by atoms with Crippen LogP contribution in [0.2, 0.25) is 0 Å². The monoisotopic (exact) mass is 253 g/mol. The van der Waals surface area contributed by atoms with Crippen molar-refractivity contribution in [1.29, 1.82) is 0 Å². The summed E-state index contributed by atoms with van der Waals surface area (Å²) < 4.78 is 4.80. The predicted octanol–water partition coefficient (Wildman–Crippen LogP) is -2.69. The number of hydrogen-bond donors (Lipinski definition) is 1. The zero-order valence-electron chi connectivity index (χ0n) is 8.89. The van der Waals surface area contributed by atoms with Crippen LogP contribution in [0.4, 0.5) is 0 Å². The van der Waals surface area contributed by atoms with E-state index in [4.69, 9.17) is 4.74 Å². The summed E-state index contributed by atoms with van der Waals surface area (Å²) in [6, 6.07) is 0. The van der Waals surface area contributed by atoms with E-state index in [0.29, 0.717) is 13.0 Å². The first-order valence-electron chi connectivity index (χ1n) is 4.45. The summed E-state index contributed by atoms with van der Waals surface area (Å²) >= 11 is 0. The largest absolute Gasteiger partial charge is 1.00 e. The van der Waals surface area contributed by atoms with Gasteiger partial charge in [0.25, 0.3) is 0 Å². The number of rotatable bonds is 4. The molecule has 0 rings (SSSR count). The van der Waals surface area contributed by atoms with Gasteiger partial charge in [-0.2, -0.15) is 0 Å². The van der Waals surface area contributed by atoms with E-state index < -0.39 is 0 Å². The van der Waals surface area contributed by atoms with Gasteiger partial charge in [-0.3, -0.25) is 4.79 Å². The second-order valence-corrected chi connectivity index (χ2v) is 3.91. The van der Waals surface area contributed by atoms with Gasteiger partial charge >= 0.3 is 5.97 Å². The van der Waals surface area contributed by atoms with E-state index in [0.717, 1.165) is 6.54 Å². The number of esters is 1. The SMILES string of the molecule is CCOC(=O)CC[NH2+]C(C)(C)C.[Br-]. The minimum atomic E-state index is -0.0991. The van der Waals surface area contributed by atoms with Gasteiger partial charge in [-0.1, -0.05) is 0 Å². The number of hydrogen-bond acceptors (Lipinski definition) is 2. The van der Waals surface area contributed by atoms with Crippen LogP contribution >= 0.6 is 0 Å². The molecular weight excluding hydrogens is 234 g/mol. The molecule has 0 unspecified atom stereocenters. The highest BCUT2D eigenvalue weighted by atomic mass is 79.9. The number of ether oxygens (including phenoxy) is 1. The quantitative estimate of drug-likeness (QED) is 0.555. The summed E-state index contributed by atoms with van der Waals surface area (Å²) in [6.07, 6.45) is 0.505. The minimum Gasteiger partial charge on any atom is -1.00 e. The highest BCUT2D eigenvalue weighted by Gasteiger charge is 2.13. The van der Waals surface area contributed by atoms with Crippen molar-refractivity contribution in [3.63, 3.8) is 0 Å². The molecule has 0 aliphatic heterocycles. The number of carbonyl (C=O) groups excluding carboxylic acids is 1. The molecule has 0 radical (unpaired) electrons. The van der Waals surface area contributed by atoms with Gasteiger partial charge in [0.2, 0.25) is 0 Å². The Labute approximate surface area is 91.0 Å². The van der Waals surface area contributed by atoms with Crippen LogP contribution in [0, 0.1) is 0 Å². The molecule has 13 heavy (non-hydrogen) atoms. The lowest BCUT2D eigenvalue weighted by Crippen LogP contribution is -3.00. The van der Waals surface area contributed by atoms with E-state index in [2.05, 4.69) is 26.1 Å². The average Bonchev–Trinajstić information content (AvgIpc) is 1.84. The van der Waals surface area contributed by atoms with Crippen molar-refractivity contribution in [3.8, 4) is 0 Å². The maximum absolute atomic E-state index is 10.9. The first-order valence-corrected chi connectivity index (χ1v) is 4.45. The van der Waals surface area contributed by atoms with Crippen molar-refractivity contribution in [2.75, 3.05) is 13.2 Å². The fourth-order valence-corrected chi connectivity index (χ4v) is 0.856. The highest BCUT2D eigenvalue weighted by Crippen LogP contribution is 1.89. The second-order valence-electron chi connectivity index (χ2n) is 3.91. The Kier molecular flexibility index (Phi) is 8.67. The molecule has 0 saturated heterocycles. The molecule has 0 aromatic heterocycles. The van der Waals surface area contributed by atoms with Crippen molar-refractivity contribution >= 4 is 5.97 Å². The van der Waals surface area contributed by atoms with E-state index in [9.17, 15) is 4.79 Å². The molecule has 0 aliphatic rings. The van der Waals surface area contributed by atoms with Crippen LogP contribution in [0.3, 0.4) is 0 Å². The number of carbonyl (C=O) groups is 1. The number of nitrogens with two attached hydrogens (primary N) is 1. The summed E-state index contributed by atoms with van der Waals surface area (Å²) in [7, 11) is 0. The van der Waals surface area contributed by atoms with Crippen LogP contribution in [0.15, 0.2) is 0 Å². The van der Waals surface area contributed by atoms with Crippen molar-refractivity contribution in [2.24, 2.45) is 0 Å². The molecule has 0 saturated carbocycles. The van der Waals surface area contributed by atoms with Crippen molar-refractivity contribution < 1.29 is 31.8 Å². The van der Waals surface area contributed by atoms with Crippen LogP contribution in [0.1, 0.15) is 34.1 Å². The molecule has 0 bridgehead atoms. The van der Waals surface area contributed by atoms with Gasteiger partial charge in [0, 0.05) is 0 Å². The first-order chi connectivity index (χ1) is 5.45. The molecule has 0 fully saturated rings. The molecule has 2 N–H and O–H groups in total. The molecule has 0 atom stereocenters. The lowest BCUT2D eigenvalue weighted by atomic mass is 10.1. The maximum atomic E-state index is 10.9. The Morgan fingerprint density at radius 2 is 1.92 bits per heavy atom. The van der Waals surface area contributed by atoms with Crippen LogP contribution in [-0.2, 0) is 9.53 Å². The Bertz CT molecular complexity index is 143. The van der Waals surface area contributed by atoms with Gasteiger partial charge < -0.3 is 27.0 Å². The fourth-order valence-electron chi connectivity index (χ4n) is 0.856. The standard InChI is InChI=1S/C9H19NO2.BrH/c1-5-12-8(11)6-7-10-9(2,3)4;/h10H,5-7H2,1-4H3;1H. The molecular formula is C9H20BrNO2. The van der Waals surface area contributed by atoms with Crippen LogP contribution in [0.25, 0.3) is 0 Å². The van der Waals surface area contributed by atoms with Crippen LogP contribution < -0.4 is 22.3 Å². The summed E-state index contributed by atoms with van der Waals surface area (Å²) in [5.41, 5.74) is 0.201. The van der Waals surface area contributed by atoms with Crippen molar-refractivity contribution in [2.45, 2.75) is 39.7 Å². The van der Waals surface area contributed by atoms with Crippen molar-refractivity contribution in [3.05, 3.63) is 0 Å². The lowest BCUT2D eigenvalue weighted by Gasteiger charge is -2.16. The van der Waals surface area contributed by atoms with E-state index in [1.54, 1.807) is 0 Å². The zero-order chi connectivity index (χ0) is 9.61.